The molecule has 5 nitrogen and oxygen atoms in total. The Morgan fingerprint density at radius 1 is 1.15 bits per heavy atom. The Bertz CT molecular complexity index is 595. The molecule has 0 radical (unpaired) electrons. The van der Waals surface area contributed by atoms with E-state index in [0.717, 1.165) is 11.3 Å². The molecule has 0 spiro atoms. The number of hydrogen-bond donors (Lipinski definition) is 1. The summed E-state index contributed by atoms with van der Waals surface area (Å²) in [5.41, 5.74) is 7.39. The van der Waals surface area contributed by atoms with Crippen LogP contribution >= 0.6 is 0 Å². The Kier molecular flexibility index (Phi) is 4.55. The van der Waals surface area contributed by atoms with E-state index in [-0.39, 0.29) is 5.95 Å². The molecule has 0 fully saturated rings. The first-order chi connectivity index (χ1) is 9.71. The molecule has 2 aromatic rings. The smallest absolute Gasteiger partial charge is 0.223 e. The van der Waals surface area contributed by atoms with Crippen molar-refractivity contribution in [3.8, 4) is 11.6 Å². The summed E-state index contributed by atoms with van der Waals surface area (Å²) in [6.45, 7) is 2.43. The van der Waals surface area contributed by atoms with Crippen LogP contribution in [0, 0.1) is 0 Å². The predicted molar refractivity (Wildman–Crippen MR) is 79.5 cm³/mol. The quantitative estimate of drug-likeness (QED) is 0.905. The van der Waals surface area contributed by atoms with Crippen molar-refractivity contribution in [2.75, 3.05) is 19.5 Å². The fourth-order valence-corrected chi connectivity index (χ4v) is 1.67. The number of hydrogen-bond acceptors (Lipinski definition) is 5. The van der Waals surface area contributed by atoms with Gasteiger partial charge in [-0.15, -0.1) is 0 Å². The molecule has 20 heavy (non-hydrogen) atoms. The van der Waals surface area contributed by atoms with Crippen molar-refractivity contribution in [3.63, 3.8) is 0 Å². The maximum atomic E-state index is 5.64. The van der Waals surface area contributed by atoms with E-state index in [0.29, 0.717) is 18.2 Å². The first kappa shape index (κ1) is 13.9. The molecule has 1 aromatic carbocycles. The number of benzene rings is 1. The summed E-state index contributed by atoms with van der Waals surface area (Å²) in [5.74, 6) is 1.51. The van der Waals surface area contributed by atoms with Crippen LogP contribution in [-0.2, 0) is 0 Å². The Morgan fingerprint density at radius 2 is 1.90 bits per heavy atom. The molecule has 0 aliphatic heterocycles. The minimum Gasteiger partial charge on any atom is -0.497 e. The SMILES string of the molecule is CCOc1cc(/C=C/c2ccc(OC)cc2)nc(N)n1. The van der Waals surface area contributed by atoms with Crippen LogP contribution in [0.3, 0.4) is 0 Å². The second-order valence-electron chi connectivity index (χ2n) is 4.03. The normalized spacial score (nSPS) is 10.7. The molecular formula is C15H17N3O2. The number of ether oxygens (including phenoxy) is 2. The van der Waals surface area contributed by atoms with Crippen molar-refractivity contribution in [1.82, 2.24) is 9.97 Å². The fourth-order valence-electron chi connectivity index (χ4n) is 1.67. The number of nitrogens with two attached hydrogens (primary N) is 1. The zero-order chi connectivity index (χ0) is 14.4. The molecule has 0 aliphatic carbocycles. The standard InChI is InChI=1S/C15H17N3O2/c1-3-20-14-10-12(17-15(16)18-14)7-4-11-5-8-13(19-2)9-6-11/h4-10H,3H2,1-2H3,(H2,16,17,18)/b7-4+. The van der Waals surface area contributed by atoms with Crippen LogP contribution in [0.25, 0.3) is 12.2 Å². The molecule has 2 rings (SSSR count). The highest BCUT2D eigenvalue weighted by Gasteiger charge is 2.00. The van der Waals surface area contributed by atoms with E-state index in [9.17, 15) is 0 Å². The Morgan fingerprint density at radius 3 is 2.55 bits per heavy atom. The second-order valence-corrected chi connectivity index (χ2v) is 4.03. The van der Waals surface area contributed by atoms with E-state index in [4.69, 9.17) is 15.2 Å². The topological polar surface area (TPSA) is 70.3 Å². The van der Waals surface area contributed by atoms with Gasteiger partial charge in [0.2, 0.25) is 11.8 Å². The molecule has 0 aliphatic rings. The minimum absolute atomic E-state index is 0.199. The third-order valence-corrected chi connectivity index (χ3v) is 2.59. The molecule has 0 amide bonds. The summed E-state index contributed by atoms with van der Waals surface area (Å²) in [6, 6.07) is 9.48. The number of aromatic nitrogens is 2. The summed E-state index contributed by atoms with van der Waals surface area (Å²) < 4.78 is 10.4. The Balaban J connectivity index is 2.17. The molecule has 0 bridgehead atoms. The molecule has 2 N–H and O–H groups in total. The third-order valence-electron chi connectivity index (χ3n) is 2.59. The maximum absolute atomic E-state index is 5.64. The lowest BCUT2D eigenvalue weighted by molar-refractivity contribution is 0.326. The molecular weight excluding hydrogens is 254 g/mol. The van der Waals surface area contributed by atoms with Crippen molar-refractivity contribution in [1.29, 1.82) is 0 Å². The van der Waals surface area contributed by atoms with Crippen molar-refractivity contribution >= 4 is 18.1 Å². The van der Waals surface area contributed by atoms with Gasteiger partial charge >= 0.3 is 0 Å². The first-order valence-corrected chi connectivity index (χ1v) is 6.30. The molecule has 0 saturated carbocycles. The first-order valence-electron chi connectivity index (χ1n) is 6.30. The summed E-state index contributed by atoms with van der Waals surface area (Å²) in [7, 11) is 1.64. The highest BCUT2D eigenvalue weighted by atomic mass is 16.5. The molecule has 1 aromatic heterocycles. The van der Waals surface area contributed by atoms with Crippen LogP contribution in [0.1, 0.15) is 18.2 Å². The lowest BCUT2D eigenvalue weighted by atomic mass is 10.2. The monoisotopic (exact) mass is 271 g/mol. The number of methoxy groups -OCH3 is 1. The zero-order valence-corrected chi connectivity index (χ0v) is 11.5. The van der Waals surface area contributed by atoms with Gasteiger partial charge in [0.05, 0.1) is 19.4 Å². The van der Waals surface area contributed by atoms with Crippen LogP contribution in [-0.4, -0.2) is 23.7 Å². The zero-order valence-electron chi connectivity index (χ0n) is 11.5. The molecule has 104 valence electrons. The van der Waals surface area contributed by atoms with Gasteiger partial charge in [0.15, 0.2) is 0 Å². The molecule has 5 heteroatoms. The van der Waals surface area contributed by atoms with Gasteiger partial charge in [0.1, 0.15) is 5.75 Å². The van der Waals surface area contributed by atoms with Gasteiger partial charge in [-0.1, -0.05) is 18.2 Å². The number of nitrogen functional groups attached to an aromatic ring is 1. The number of nitrogens with zero attached hydrogens (tertiary/aromatic N) is 2. The van der Waals surface area contributed by atoms with E-state index in [1.807, 2.05) is 43.3 Å². The maximum Gasteiger partial charge on any atom is 0.223 e. The van der Waals surface area contributed by atoms with Crippen molar-refractivity contribution in [3.05, 3.63) is 41.6 Å². The lowest BCUT2D eigenvalue weighted by Gasteiger charge is -2.03. The van der Waals surface area contributed by atoms with Gasteiger partial charge in [-0.3, -0.25) is 0 Å². The van der Waals surface area contributed by atoms with Crippen molar-refractivity contribution in [2.24, 2.45) is 0 Å². The average molecular weight is 271 g/mol. The third kappa shape index (κ3) is 3.71. The molecule has 0 atom stereocenters. The number of anilines is 1. The Hall–Kier alpha value is -2.56. The van der Waals surface area contributed by atoms with Crippen LogP contribution < -0.4 is 15.2 Å². The fraction of sp³-hybridized carbons (Fsp3) is 0.200. The van der Waals surface area contributed by atoms with E-state index < -0.39 is 0 Å². The molecule has 0 unspecified atom stereocenters. The summed E-state index contributed by atoms with van der Waals surface area (Å²) in [5, 5.41) is 0. The highest BCUT2D eigenvalue weighted by molar-refractivity contribution is 5.68. The lowest BCUT2D eigenvalue weighted by Crippen LogP contribution is -2.01. The second kappa shape index (κ2) is 6.56. The number of rotatable bonds is 5. The van der Waals surface area contributed by atoms with E-state index in [2.05, 4.69) is 9.97 Å². The highest BCUT2D eigenvalue weighted by Crippen LogP contribution is 2.15. The predicted octanol–water partition coefficient (Wildman–Crippen LogP) is 2.64. The van der Waals surface area contributed by atoms with Crippen LogP contribution in [0.15, 0.2) is 30.3 Å². The van der Waals surface area contributed by atoms with Crippen LogP contribution in [0.5, 0.6) is 11.6 Å². The van der Waals surface area contributed by atoms with Gasteiger partial charge in [0, 0.05) is 6.07 Å². The van der Waals surface area contributed by atoms with Crippen molar-refractivity contribution < 1.29 is 9.47 Å². The van der Waals surface area contributed by atoms with Gasteiger partial charge < -0.3 is 15.2 Å². The molecule has 0 saturated heterocycles. The van der Waals surface area contributed by atoms with Gasteiger partial charge in [-0.25, -0.2) is 4.98 Å². The van der Waals surface area contributed by atoms with Crippen LogP contribution in [0.2, 0.25) is 0 Å². The van der Waals surface area contributed by atoms with E-state index in [1.165, 1.54) is 0 Å². The van der Waals surface area contributed by atoms with Gasteiger partial charge in [0.25, 0.3) is 0 Å². The van der Waals surface area contributed by atoms with Crippen molar-refractivity contribution in [2.45, 2.75) is 6.92 Å². The van der Waals surface area contributed by atoms with Gasteiger partial charge in [-0.05, 0) is 30.7 Å². The van der Waals surface area contributed by atoms with E-state index >= 15 is 0 Å². The summed E-state index contributed by atoms with van der Waals surface area (Å²) >= 11 is 0. The minimum atomic E-state index is 0.199. The summed E-state index contributed by atoms with van der Waals surface area (Å²) in [6.07, 6.45) is 3.80. The molecule has 1 heterocycles. The largest absolute Gasteiger partial charge is 0.497 e. The van der Waals surface area contributed by atoms with Gasteiger partial charge in [-0.2, -0.15) is 4.98 Å². The average Bonchev–Trinajstić information content (AvgIpc) is 2.45. The van der Waals surface area contributed by atoms with E-state index in [1.54, 1.807) is 13.2 Å². The summed E-state index contributed by atoms with van der Waals surface area (Å²) in [4.78, 5) is 8.14. The Labute approximate surface area is 118 Å². The van der Waals surface area contributed by atoms with Crippen LogP contribution in [0.4, 0.5) is 5.95 Å².